The third-order valence-electron chi connectivity index (χ3n) is 5.97. The smallest absolute Gasteiger partial charge is 0.419 e. The van der Waals surface area contributed by atoms with Gasteiger partial charge in [-0.2, -0.15) is 5.10 Å². The van der Waals surface area contributed by atoms with E-state index in [1.165, 1.54) is 0 Å². The van der Waals surface area contributed by atoms with Gasteiger partial charge in [-0.3, -0.25) is 4.68 Å². The number of ether oxygens (including phenoxy) is 2. The Morgan fingerprint density at radius 3 is 2.17 bits per heavy atom. The van der Waals surface area contributed by atoms with E-state index >= 15 is 0 Å². The number of aromatic nitrogens is 3. The minimum atomic E-state index is -0.710. The first-order chi connectivity index (χ1) is 16.3. The van der Waals surface area contributed by atoms with Crippen LogP contribution in [0, 0.1) is 5.92 Å². The van der Waals surface area contributed by atoms with Gasteiger partial charge in [-0.25, -0.2) is 19.5 Å². The Kier molecular flexibility index (Phi) is 6.88. The fraction of sp³-hybridized carbons (Fsp3) is 0.615. The predicted octanol–water partition coefficient (Wildman–Crippen LogP) is 6.60. The van der Waals surface area contributed by atoms with Crippen LogP contribution >= 0.6 is 11.6 Å². The quantitative estimate of drug-likeness (QED) is 0.428. The second-order valence-electron chi connectivity index (χ2n) is 11.6. The van der Waals surface area contributed by atoms with E-state index in [0.717, 1.165) is 47.5 Å². The van der Waals surface area contributed by atoms with Crippen molar-refractivity contribution >= 4 is 23.8 Å². The molecule has 0 bridgehead atoms. The van der Waals surface area contributed by atoms with Crippen molar-refractivity contribution in [1.82, 2.24) is 19.7 Å². The lowest BCUT2D eigenvalue weighted by atomic mass is 9.80. The zero-order chi connectivity index (χ0) is 25.5. The number of halogens is 1. The molecule has 4 rings (SSSR count). The fourth-order valence-corrected chi connectivity index (χ4v) is 4.35. The Balaban J connectivity index is 1.45. The molecule has 2 aliphatic rings. The van der Waals surface area contributed by atoms with Crippen LogP contribution in [0.15, 0.2) is 24.4 Å². The maximum atomic E-state index is 12.8. The van der Waals surface area contributed by atoms with Gasteiger partial charge in [-0.15, -0.1) is 0 Å². The molecule has 8 nitrogen and oxygen atoms in total. The topological polar surface area (TPSA) is 86.5 Å². The number of imide groups is 1. The molecule has 190 valence electrons. The highest BCUT2D eigenvalue weighted by Crippen LogP contribution is 2.45. The van der Waals surface area contributed by atoms with Crippen molar-refractivity contribution in [2.75, 3.05) is 6.54 Å². The average Bonchev–Trinajstić information content (AvgIpc) is 3.43. The van der Waals surface area contributed by atoms with E-state index < -0.39 is 23.4 Å². The first-order valence-corrected chi connectivity index (χ1v) is 12.6. The standard InChI is InChI=1S/C26H35ClN4O4/c1-25(2,3)34-23(32)30(24(33)35-26(4,5)6)14-16-12-18(13-16)31-15-19(22(29-31)17-10-11-17)20-8-7-9-21(27)28-20/h7-9,15-18H,10-14H2,1-6H3/t16-,18+. The second kappa shape index (κ2) is 9.45. The Hall–Kier alpha value is -2.61. The molecule has 0 atom stereocenters. The third kappa shape index (κ3) is 6.54. The SMILES string of the molecule is CC(C)(C)OC(=O)N(C[C@H]1C[C@@H](n2cc(-c3cccc(Cl)n3)c(C3CC3)n2)C1)C(=O)OC(C)(C)C. The van der Waals surface area contributed by atoms with E-state index in [9.17, 15) is 9.59 Å². The molecule has 2 heterocycles. The fourth-order valence-electron chi connectivity index (χ4n) is 4.19. The second-order valence-corrected chi connectivity index (χ2v) is 12.0. The normalized spacial score (nSPS) is 20.2. The molecule has 9 heteroatoms. The number of hydrogen-bond acceptors (Lipinski definition) is 6. The van der Waals surface area contributed by atoms with Gasteiger partial charge in [0, 0.05) is 24.2 Å². The van der Waals surface area contributed by atoms with E-state index in [4.69, 9.17) is 26.2 Å². The highest BCUT2D eigenvalue weighted by Gasteiger charge is 2.39. The summed E-state index contributed by atoms with van der Waals surface area (Å²) in [4.78, 5) is 31.2. The summed E-state index contributed by atoms with van der Waals surface area (Å²) >= 11 is 6.13. The van der Waals surface area contributed by atoms with Crippen LogP contribution in [-0.2, 0) is 9.47 Å². The van der Waals surface area contributed by atoms with Gasteiger partial charge < -0.3 is 9.47 Å². The third-order valence-corrected chi connectivity index (χ3v) is 6.18. The number of carbonyl (C=O) groups is 2. The Labute approximate surface area is 211 Å². The summed E-state index contributed by atoms with van der Waals surface area (Å²) in [5.74, 6) is 0.610. The van der Waals surface area contributed by atoms with Crippen LogP contribution in [-0.4, -0.2) is 49.6 Å². The summed E-state index contributed by atoms with van der Waals surface area (Å²) in [6.07, 6.45) is 4.58. The molecule has 0 aromatic carbocycles. The van der Waals surface area contributed by atoms with Crippen LogP contribution in [0.25, 0.3) is 11.3 Å². The summed E-state index contributed by atoms with van der Waals surface area (Å²) in [7, 11) is 0. The lowest BCUT2D eigenvalue weighted by molar-refractivity contribution is -0.00641. The summed E-state index contributed by atoms with van der Waals surface area (Å²) < 4.78 is 13.0. The summed E-state index contributed by atoms with van der Waals surface area (Å²) in [5.41, 5.74) is 1.52. The van der Waals surface area contributed by atoms with Gasteiger partial charge >= 0.3 is 12.2 Å². The molecule has 0 spiro atoms. The van der Waals surface area contributed by atoms with E-state index in [0.29, 0.717) is 11.1 Å². The van der Waals surface area contributed by atoms with Crippen LogP contribution in [0.3, 0.4) is 0 Å². The average molecular weight is 503 g/mol. The molecule has 0 radical (unpaired) electrons. The highest BCUT2D eigenvalue weighted by atomic mass is 35.5. The van der Waals surface area contributed by atoms with Gasteiger partial charge in [0.15, 0.2) is 0 Å². The van der Waals surface area contributed by atoms with E-state index in [-0.39, 0.29) is 18.5 Å². The van der Waals surface area contributed by atoms with E-state index in [2.05, 4.69) is 11.2 Å². The van der Waals surface area contributed by atoms with Gasteiger partial charge in [0.2, 0.25) is 0 Å². The van der Waals surface area contributed by atoms with Crippen LogP contribution in [0.1, 0.15) is 84.9 Å². The van der Waals surface area contributed by atoms with Crippen molar-refractivity contribution in [3.63, 3.8) is 0 Å². The van der Waals surface area contributed by atoms with Crippen molar-refractivity contribution < 1.29 is 19.1 Å². The minimum absolute atomic E-state index is 0.140. The van der Waals surface area contributed by atoms with Crippen LogP contribution in [0.2, 0.25) is 5.15 Å². The molecule has 2 amide bonds. The molecule has 2 fully saturated rings. The molecule has 2 aromatic heterocycles. The van der Waals surface area contributed by atoms with E-state index in [1.54, 1.807) is 47.6 Å². The largest absolute Gasteiger partial charge is 0.443 e. The van der Waals surface area contributed by atoms with Crippen LogP contribution in [0.5, 0.6) is 0 Å². The number of carbonyl (C=O) groups excluding carboxylic acids is 2. The van der Waals surface area contributed by atoms with Gasteiger partial charge in [-0.1, -0.05) is 17.7 Å². The number of hydrogen-bond donors (Lipinski definition) is 0. The number of rotatable bonds is 5. The van der Waals surface area contributed by atoms with Crippen molar-refractivity contribution in [2.24, 2.45) is 5.92 Å². The summed E-state index contributed by atoms with van der Waals surface area (Å²) in [6, 6.07) is 5.83. The van der Waals surface area contributed by atoms with Crippen molar-refractivity contribution in [1.29, 1.82) is 0 Å². The molecule has 0 unspecified atom stereocenters. The Morgan fingerprint density at radius 2 is 1.66 bits per heavy atom. The Morgan fingerprint density at radius 1 is 1.06 bits per heavy atom. The maximum absolute atomic E-state index is 12.8. The van der Waals surface area contributed by atoms with Gasteiger partial charge in [0.05, 0.1) is 17.4 Å². The Bertz CT molecular complexity index is 1060. The maximum Gasteiger partial charge on any atom is 0.419 e. The van der Waals surface area contributed by atoms with Crippen LogP contribution in [0.4, 0.5) is 9.59 Å². The molecule has 2 aliphatic carbocycles. The minimum Gasteiger partial charge on any atom is -0.443 e. The zero-order valence-electron chi connectivity index (χ0n) is 21.4. The van der Waals surface area contributed by atoms with Gasteiger partial charge in [0.25, 0.3) is 0 Å². The monoisotopic (exact) mass is 502 g/mol. The van der Waals surface area contributed by atoms with Crippen molar-refractivity contribution in [3.05, 3.63) is 35.2 Å². The van der Waals surface area contributed by atoms with Crippen molar-refractivity contribution in [3.8, 4) is 11.3 Å². The summed E-state index contributed by atoms with van der Waals surface area (Å²) in [6.45, 7) is 10.9. The molecular formula is C26H35ClN4O4. The molecule has 0 aliphatic heterocycles. The lowest BCUT2D eigenvalue weighted by Gasteiger charge is -2.38. The molecule has 2 saturated carbocycles. The molecular weight excluding hydrogens is 468 g/mol. The lowest BCUT2D eigenvalue weighted by Crippen LogP contribution is -2.47. The first kappa shape index (κ1) is 25.5. The van der Waals surface area contributed by atoms with Gasteiger partial charge in [-0.05, 0) is 85.3 Å². The van der Waals surface area contributed by atoms with Gasteiger partial charge in [0.1, 0.15) is 16.4 Å². The van der Waals surface area contributed by atoms with E-state index in [1.807, 2.05) is 16.8 Å². The van der Waals surface area contributed by atoms with Crippen molar-refractivity contribution in [2.45, 2.75) is 90.4 Å². The molecule has 0 saturated heterocycles. The number of pyridine rings is 1. The summed E-state index contributed by atoms with van der Waals surface area (Å²) in [5, 5.41) is 5.38. The molecule has 0 N–H and O–H groups in total. The highest BCUT2D eigenvalue weighted by molar-refractivity contribution is 6.29. The predicted molar refractivity (Wildman–Crippen MR) is 133 cm³/mol. The molecule has 35 heavy (non-hydrogen) atoms. The van der Waals surface area contributed by atoms with Crippen LogP contribution < -0.4 is 0 Å². The zero-order valence-corrected chi connectivity index (χ0v) is 22.1. The number of nitrogens with zero attached hydrogens (tertiary/aromatic N) is 4. The molecule has 2 aromatic rings. The first-order valence-electron chi connectivity index (χ1n) is 12.2. The number of amides is 2.